The number of hydrogen-bond acceptors (Lipinski definition) is 8. The molecule has 178 valence electrons. The second-order valence-electron chi connectivity index (χ2n) is 6.99. The lowest BCUT2D eigenvalue weighted by atomic mass is 10.2. The van der Waals surface area contributed by atoms with E-state index in [4.69, 9.17) is 23.7 Å². The lowest BCUT2D eigenvalue weighted by Crippen LogP contribution is -2.41. The second kappa shape index (κ2) is 11.8. The maximum absolute atomic E-state index is 12.4. The van der Waals surface area contributed by atoms with Crippen LogP contribution in [0, 0.1) is 0 Å². The Morgan fingerprint density at radius 1 is 0.970 bits per heavy atom. The summed E-state index contributed by atoms with van der Waals surface area (Å²) in [5.74, 6) is 1.86. The Labute approximate surface area is 191 Å². The predicted octanol–water partition coefficient (Wildman–Crippen LogP) is 1.50. The van der Waals surface area contributed by atoms with E-state index in [0.717, 1.165) is 0 Å². The van der Waals surface area contributed by atoms with Gasteiger partial charge in [0.25, 0.3) is 5.91 Å². The van der Waals surface area contributed by atoms with E-state index >= 15 is 0 Å². The molecule has 1 aliphatic heterocycles. The first kappa shape index (κ1) is 24.0. The van der Waals surface area contributed by atoms with Crippen molar-refractivity contribution in [3.05, 3.63) is 42.0 Å². The van der Waals surface area contributed by atoms with Gasteiger partial charge in [-0.3, -0.25) is 9.59 Å². The first-order valence-electron chi connectivity index (χ1n) is 10.6. The fraction of sp³-hybridized carbons (Fsp3) is 0.391. The van der Waals surface area contributed by atoms with Gasteiger partial charge in [0.15, 0.2) is 23.0 Å². The third-order valence-corrected chi connectivity index (χ3v) is 4.54. The van der Waals surface area contributed by atoms with Gasteiger partial charge in [0, 0.05) is 18.2 Å². The highest BCUT2D eigenvalue weighted by atomic mass is 16.7. The molecule has 3 rings (SSSR count). The summed E-state index contributed by atoms with van der Waals surface area (Å²) in [7, 11) is 0. The lowest BCUT2D eigenvalue weighted by molar-refractivity contribution is -0.120. The molecule has 2 aromatic carbocycles. The van der Waals surface area contributed by atoms with Crippen LogP contribution in [0.25, 0.3) is 0 Å². The van der Waals surface area contributed by atoms with Crippen LogP contribution in [-0.4, -0.2) is 62.7 Å². The van der Waals surface area contributed by atoms with Gasteiger partial charge in [0.05, 0.1) is 19.8 Å². The fourth-order valence-electron chi connectivity index (χ4n) is 2.97. The van der Waals surface area contributed by atoms with Crippen molar-refractivity contribution in [2.45, 2.75) is 20.0 Å². The number of rotatable bonds is 12. The van der Waals surface area contributed by atoms with Gasteiger partial charge < -0.3 is 39.4 Å². The van der Waals surface area contributed by atoms with Crippen LogP contribution in [0.2, 0.25) is 0 Å². The van der Waals surface area contributed by atoms with E-state index in [1.165, 1.54) is 0 Å². The standard InChI is InChI=1S/C23H28N2O8/c1-3-29-18-7-5-15(9-20(18)30-4-2)23(28)25-12-22(27)24-11-16(26)13-31-17-6-8-19-21(10-17)33-14-32-19/h5-10,16,26H,3-4,11-14H2,1-2H3,(H,24,27)(H,25,28). The molecule has 0 aromatic heterocycles. The molecule has 1 atom stereocenters. The van der Waals surface area contributed by atoms with Crippen LogP contribution in [0.1, 0.15) is 24.2 Å². The highest BCUT2D eigenvalue weighted by Crippen LogP contribution is 2.35. The van der Waals surface area contributed by atoms with E-state index in [1.54, 1.807) is 36.4 Å². The Kier molecular flexibility index (Phi) is 8.59. The predicted molar refractivity (Wildman–Crippen MR) is 118 cm³/mol. The number of ether oxygens (including phenoxy) is 5. The monoisotopic (exact) mass is 460 g/mol. The zero-order valence-corrected chi connectivity index (χ0v) is 18.6. The third kappa shape index (κ3) is 6.91. The topological polar surface area (TPSA) is 125 Å². The molecule has 0 radical (unpaired) electrons. The number of aliphatic hydroxyl groups excluding tert-OH is 1. The molecule has 33 heavy (non-hydrogen) atoms. The van der Waals surface area contributed by atoms with Crippen LogP contribution in [-0.2, 0) is 4.79 Å². The van der Waals surface area contributed by atoms with Crippen LogP contribution < -0.4 is 34.3 Å². The van der Waals surface area contributed by atoms with Gasteiger partial charge in [0.2, 0.25) is 12.7 Å². The summed E-state index contributed by atoms with van der Waals surface area (Å²) in [6, 6.07) is 9.90. The molecule has 0 bridgehead atoms. The molecular formula is C23H28N2O8. The molecule has 1 heterocycles. The zero-order chi connectivity index (χ0) is 23.6. The number of hydrogen-bond donors (Lipinski definition) is 3. The third-order valence-electron chi connectivity index (χ3n) is 4.54. The minimum Gasteiger partial charge on any atom is -0.491 e. The van der Waals surface area contributed by atoms with E-state index in [-0.39, 0.29) is 26.5 Å². The summed E-state index contributed by atoms with van der Waals surface area (Å²) in [4.78, 5) is 24.4. The molecular weight excluding hydrogens is 432 g/mol. The van der Waals surface area contributed by atoms with Crippen molar-refractivity contribution in [2.75, 3.05) is 39.7 Å². The Morgan fingerprint density at radius 3 is 2.52 bits per heavy atom. The molecule has 0 spiro atoms. The van der Waals surface area contributed by atoms with E-state index < -0.39 is 17.9 Å². The average molecular weight is 460 g/mol. The Hall–Kier alpha value is -3.66. The molecule has 0 saturated carbocycles. The quantitative estimate of drug-likeness (QED) is 0.435. The number of carbonyl (C=O) groups is 2. The molecule has 10 heteroatoms. The summed E-state index contributed by atoms with van der Waals surface area (Å²) in [5, 5.41) is 15.1. The first-order valence-corrected chi connectivity index (χ1v) is 10.6. The summed E-state index contributed by atoms with van der Waals surface area (Å²) >= 11 is 0. The van der Waals surface area contributed by atoms with Gasteiger partial charge in [-0.1, -0.05) is 0 Å². The summed E-state index contributed by atoms with van der Waals surface area (Å²) < 4.78 is 27.0. The number of carbonyl (C=O) groups excluding carboxylic acids is 2. The summed E-state index contributed by atoms with van der Waals surface area (Å²) in [5.41, 5.74) is 0.340. The highest BCUT2D eigenvalue weighted by Gasteiger charge is 2.16. The Bertz CT molecular complexity index is 965. The van der Waals surface area contributed by atoms with E-state index in [1.807, 2.05) is 13.8 Å². The average Bonchev–Trinajstić information content (AvgIpc) is 3.29. The molecule has 2 aromatic rings. The summed E-state index contributed by atoms with van der Waals surface area (Å²) in [6.07, 6.45) is -0.935. The van der Waals surface area contributed by atoms with Crippen LogP contribution >= 0.6 is 0 Å². The van der Waals surface area contributed by atoms with Crippen LogP contribution in [0.15, 0.2) is 36.4 Å². The minimum absolute atomic E-state index is 0.0291. The molecule has 1 aliphatic rings. The molecule has 1 unspecified atom stereocenters. The SMILES string of the molecule is CCOc1ccc(C(=O)NCC(=O)NCC(O)COc2ccc3c(c2)OCO3)cc1OCC. The molecule has 10 nitrogen and oxygen atoms in total. The van der Waals surface area contributed by atoms with Gasteiger partial charge in [-0.25, -0.2) is 0 Å². The van der Waals surface area contributed by atoms with Crippen molar-refractivity contribution in [1.29, 1.82) is 0 Å². The van der Waals surface area contributed by atoms with E-state index in [2.05, 4.69) is 10.6 Å². The fourth-order valence-corrected chi connectivity index (χ4v) is 2.97. The van der Waals surface area contributed by atoms with Crippen LogP contribution in [0.3, 0.4) is 0 Å². The maximum Gasteiger partial charge on any atom is 0.251 e. The van der Waals surface area contributed by atoms with Gasteiger partial charge in [-0.05, 0) is 44.2 Å². The number of benzene rings is 2. The van der Waals surface area contributed by atoms with Gasteiger partial charge in [0.1, 0.15) is 18.5 Å². The molecule has 0 fully saturated rings. The highest BCUT2D eigenvalue weighted by molar-refractivity contribution is 5.97. The summed E-state index contributed by atoms with van der Waals surface area (Å²) in [6.45, 7) is 4.45. The van der Waals surface area contributed by atoms with Crippen LogP contribution in [0.5, 0.6) is 28.7 Å². The van der Waals surface area contributed by atoms with E-state index in [0.29, 0.717) is 47.5 Å². The smallest absolute Gasteiger partial charge is 0.251 e. The number of amides is 2. The van der Waals surface area contributed by atoms with Crippen LogP contribution in [0.4, 0.5) is 0 Å². The largest absolute Gasteiger partial charge is 0.491 e. The molecule has 3 N–H and O–H groups in total. The number of nitrogens with one attached hydrogen (secondary N) is 2. The first-order chi connectivity index (χ1) is 16.0. The number of fused-ring (bicyclic) bond motifs is 1. The normalized spacial score (nSPS) is 12.6. The van der Waals surface area contributed by atoms with E-state index in [9.17, 15) is 14.7 Å². The molecule has 2 amide bonds. The van der Waals surface area contributed by atoms with Crippen molar-refractivity contribution in [1.82, 2.24) is 10.6 Å². The number of aliphatic hydroxyl groups is 1. The maximum atomic E-state index is 12.4. The van der Waals surface area contributed by atoms with Crippen molar-refractivity contribution in [2.24, 2.45) is 0 Å². The Morgan fingerprint density at radius 2 is 1.73 bits per heavy atom. The molecule has 0 saturated heterocycles. The van der Waals surface area contributed by atoms with Gasteiger partial charge in [-0.2, -0.15) is 0 Å². The van der Waals surface area contributed by atoms with Gasteiger partial charge in [-0.15, -0.1) is 0 Å². The van der Waals surface area contributed by atoms with Crippen molar-refractivity contribution in [3.63, 3.8) is 0 Å². The Balaban J connectivity index is 1.39. The zero-order valence-electron chi connectivity index (χ0n) is 18.6. The minimum atomic E-state index is -0.935. The van der Waals surface area contributed by atoms with Crippen molar-refractivity contribution in [3.8, 4) is 28.7 Å². The van der Waals surface area contributed by atoms with Crippen molar-refractivity contribution < 1.29 is 38.4 Å². The second-order valence-corrected chi connectivity index (χ2v) is 6.99. The van der Waals surface area contributed by atoms with Crippen molar-refractivity contribution >= 4 is 11.8 Å². The lowest BCUT2D eigenvalue weighted by Gasteiger charge is -2.14. The van der Waals surface area contributed by atoms with Gasteiger partial charge >= 0.3 is 0 Å². The molecule has 0 aliphatic carbocycles.